The molecule has 0 aromatic carbocycles. The standard InChI is InChI=1S/C18H25N3O2/c22-17-11-18(14-21(17)16-3-1-2-7-19-16)6-8-20(13-18)12-15-4-9-23-10-5-15/h1-3,7,15H,4-6,8-14H2/t18-/m1/s1. The molecule has 3 aliphatic heterocycles. The first-order chi connectivity index (χ1) is 11.2. The maximum absolute atomic E-state index is 12.5. The molecule has 4 rings (SSSR count). The van der Waals surface area contributed by atoms with Gasteiger partial charge in [-0.2, -0.15) is 0 Å². The number of rotatable bonds is 3. The highest BCUT2D eigenvalue weighted by Crippen LogP contribution is 2.41. The summed E-state index contributed by atoms with van der Waals surface area (Å²) in [5.41, 5.74) is 0.139. The molecule has 23 heavy (non-hydrogen) atoms. The first-order valence-electron chi connectivity index (χ1n) is 8.76. The number of ether oxygens (including phenoxy) is 1. The van der Waals surface area contributed by atoms with Gasteiger partial charge in [-0.15, -0.1) is 0 Å². The second-order valence-electron chi connectivity index (χ2n) is 7.39. The third kappa shape index (κ3) is 3.12. The Labute approximate surface area is 137 Å². The van der Waals surface area contributed by atoms with Gasteiger partial charge in [0.05, 0.1) is 0 Å². The smallest absolute Gasteiger partial charge is 0.228 e. The molecule has 5 nitrogen and oxygen atoms in total. The van der Waals surface area contributed by atoms with Crippen LogP contribution >= 0.6 is 0 Å². The van der Waals surface area contributed by atoms with Crippen LogP contribution in [0.15, 0.2) is 24.4 Å². The maximum atomic E-state index is 12.5. The highest BCUT2D eigenvalue weighted by atomic mass is 16.5. The van der Waals surface area contributed by atoms with Crippen molar-refractivity contribution >= 4 is 11.7 Å². The maximum Gasteiger partial charge on any atom is 0.228 e. The van der Waals surface area contributed by atoms with Gasteiger partial charge in [0.25, 0.3) is 0 Å². The zero-order valence-electron chi connectivity index (χ0n) is 13.6. The van der Waals surface area contributed by atoms with E-state index in [-0.39, 0.29) is 11.3 Å². The van der Waals surface area contributed by atoms with Gasteiger partial charge in [-0.25, -0.2) is 4.98 Å². The summed E-state index contributed by atoms with van der Waals surface area (Å²) in [5.74, 6) is 1.80. The largest absolute Gasteiger partial charge is 0.381 e. The van der Waals surface area contributed by atoms with Gasteiger partial charge in [-0.3, -0.25) is 9.69 Å². The number of carbonyl (C=O) groups excluding carboxylic acids is 1. The van der Waals surface area contributed by atoms with E-state index in [1.54, 1.807) is 6.20 Å². The molecule has 124 valence electrons. The van der Waals surface area contributed by atoms with E-state index < -0.39 is 0 Å². The van der Waals surface area contributed by atoms with Crippen LogP contribution in [0.1, 0.15) is 25.7 Å². The van der Waals surface area contributed by atoms with Crippen LogP contribution in [0.2, 0.25) is 0 Å². The van der Waals surface area contributed by atoms with Crippen molar-refractivity contribution in [1.82, 2.24) is 9.88 Å². The SMILES string of the molecule is O=C1C[C@@]2(CCN(CC3CCOCC3)C2)CN1c1ccccn1. The van der Waals surface area contributed by atoms with Gasteiger partial charge in [0, 0.05) is 50.9 Å². The number of carbonyl (C=O) groups is 1. The molecular formula is C18H25N3O2. The number of aromatic nitrogens is 1. The molecule has 0 N–H and O–H groups in total. The van der Waals surface area contributed by atoms with Gasteiger partial charge in [-0.05, 0) is 43.9 Å². The predicted molar refractivity (Wildman–Crippen MR) is 88.2 cm³/mol. The molecule has 0 saturated carbocycles. The number of amides is 1. The van der Waals surface area contributed by atoms with E-state index in [9.17, 15) is 4.79 Å². The van der Waals surface area contributed by atoms with Gasteiger partial charge < -0.3 is 9.64 Å². The zero-order valence-corrected chi connectivity index (χ0v) is 13.6. The lowest BCUT2D eigenvalue weighted by Gasteiger charge is -2.28. The fourth-order valence-electron chi connectivity index (χ4n) is 4.37. The monoisotopic (exact) mass is 315 g/mol. The average molecular weight is 315 g/mol. The van der Waals surface area contributed by atoms with Crippen LogP contribution < -0.4 is 4.90 Å². The molecule has 3 fully saturated rings. The van der Waals surface area contributed by atoms with Crippen molar-refractivity contribution in [2.24, 2.45) is 11.3 Å². The van der Waals surface area contributed by atoms with E-state index in [2.05, 4.69) is 9.88 Å². The minimum Gasteiger partial charge on any atom is -0.381 e. The van der Waals surface area contributed by atoms with Gasteiger partial charge in [0.2, 0.25) is 5.91 Å². The van der Waals surface area contributed by atoms with Crippen LogP contribution in [0.25, 0.3) is 0 Å². The van der Waals surface area contributed by atoms with E-state index in [1.165, 1.54) is 19.4 Å². The predicted octanol–water partition coefficient (Wildman–Crippen LogP) is 1.94. The van der Waals surface area contributed by atoms with E-state index in [4.69, 9.17) is 4.74 Å². The normalized spacial score (nSPS) is 29.7. The quantitative estimate of drug-likeness (QED) is 0.855. The number of anilines is 1. The van der Waals surface area contributed by atoms with Gasteiger partial charge in [-0.1, -0.05) is 6.07 Å². The first kappa shape index (κ1) is 15.1. The Morgan fingerprint density at radius 3 is 2.91 bits per heavy atom. The van der Waals surface area contributed by atoms with E-state index in [1.807, 2.05) is 23.1 Å². The summed E-state index contributed by atoms with van der Waals surface area (Å²) in [5, 5.41) is 0. The Hall–Kier alpha value is -1.46. The summed E-state index contributed by atoms with van der Waals surface area (Å²) in [6, 6.07) is 5.78. The molecule has 4 heterocycles. The van der Waals surface area contributed by atoms with Crippen LogP contribution in [0.5, 0.6) is 0 Å². The molecule has 0 unspecified atom stereocenters. The molecule has 3 saturated heterocycles. The lowest BCUT2D eigenvalue weighted by molar-refractivity contribution is -0.117. The van der Waals surface area contributed by atoms with E-state index >= 15 is 0 Å². The Morgan fingerprint density at radius 1 is 1.26 bits per heavy atom. The van der Waals surface area contributed by atoms with Crippen molar-refractivity contribution in [3.05, 3.63) is 24.4 Å². The van der Waals surface area contributed by atoms with Gasteiger partial charge >= 0.3 is 0 Å². The van der Waals surface area contributed by atoms with Crippen LogP contribution in [-0.4, -0.2) is 55.2 Å². The summed E-state index contributed by atoms with van der Waals surface area (Å²) >= 11 is 0. The summed E-state index contributed by atoms with van der Waals surface area (Å²) in [4.78, 5) is 21.3. The minimum atomic E-state index is 0.139. The summed E-state index contributed by atoms with van der Waals surface area (Å²) in [6.45, 7) is 6.00. The molecule has 1 amide bonds. The third-order valence-corrected chi connectivity index (χ3v) is 5.62. The molecule has 0 aliphatic carbocycles. The highest BCUT2D eigenvalue weighted by Gasteiger charge is 2.48. The second kappa shape index (κ2) is 6.21. The minimum absolute atomic E-state index is 0.139. The molecule has 1 atom stereocenters. The number of hydrogen-bond donors (Lipinski definition) is 0. The van der Waals surface area contributed by atoms with Crippen molar-refractivity contribution in [3.63, 3.8) is 0 Å². The van der Waals surface area contributed by atoms with Crippen molar-refractivity contribution in [2.75, 3.05) is 44.3 Å². The third-order valence-electron chi connectivity index (χ3n) is 5.62. The number of hydrogen-bond acceptors (Lipinski definition) is 4. The van der Waals surface area contributed by atoms with E-state index in [0.717, 1.165) is 51.0 Å². The average Bonchev–Trinajstić information content (AvgIpc) is 3.12. The molecule has 3 aliphatic rings. The number of likely N-dealkylation sites (tertiary alicyclic amines) is 1. The zero-order chi connectivity index (χ0) is 15.7. The number of nitrogens with zero attached hydrogens (tertiary/aromatic N) is 3. The fraction of sp³-hybridized carbons (Fsp3) is 0.667. The molecular weight excluding hydrogens is 290 g/mol. The lowest BCUT2D eigenvalue weighted by Crippen LogP contribution is -2.34. The first-order valence-corrected chi connectivity index (χ1v) is 8.76. The van der Waals surface area contributed by atoms with Crippen molar-refractivity contribution in [1.29, 1.82) is 0 Å². The molecule has 1 spiro atoms. The van der Waals surface area contributed by atoms with Crippen molar-refractivity contribution in [3.8, 4) is 0 Å². The Bertz CT molecular complexity index is 559. The Balaban J connectivity index is 1.39. The van der Waals surface area contributed by atoms with Gasteiger partial charge in [0.1, 0.15) is 5.82 Å². The molecule has 0 radical (unpaired) electrons. The van der Waals surface area contributed by atoms with Crippen LogP contribution in [0.3, 0.4) is 0 Å². The molecule has 5 heteroatoms. The summed E-state index contributed by atoms with van der Waals surface area (Å²) in [7, 11) is 0. The van der Waals surface area contributed by atoms with Crippen LogP contribution in [-0.2, 0) is 9.53 Å². The molecule has 0 bridgehead atoms. The Kier molecular flexibility index (Phi) is 4.07. The number of pyridine rings is 1. The lowest BCUT2D eigenvalue weighted by atomic mass is 9.86. The van der Waals surface area contributed by atoms with Crippen molar-refractivity contribution < 1.29 is 9.53 Å². The fourth-order valence-corrected chi connectivity index (χ4v) is 4.37. The Morgan fingerprint density at radius 2 is 2.13 bits per heavy atom. The van der Waals surface area contributed by atoms with Gasteiger partial charge in [0.15, 0.2) is 0 Å². The summed E-state index contributed by atoms with van der Waals surface area (Å²) < 4.78 is 5.46. The highest BCUT2D eigenvalue weighted by molar-refractivity contribution is 5.95. The van der Waals surface area contributed by atoms with Crippen LogP contribution in [0, 0.1) is 11.3 Å². The van der Waals surface area contributed by atoms with Crippen LogP contribution in [0.4, 0.5) is 5.82 Å². The topological polar surface area (TPSA) is 45.7 Å². The van der Waals surface area contributed by atoms with E-state index in [0.29, 0.717) is 6.42 Å². The summed E-state index contributed by atoms with van der Waals surface area (Å²) in [6.07, 6.45) is 5.93. The molecule has 1 aromatic heterocycles. The second-order valence-corrected chi connectivity index (χ2v) is 7.39. The molecule has 1 aromatic rings. The van der Waals surface area contributed by atoms with Crippen molar-refractivity contribution in [2.45, 2.75) is 25.7 Å².